The molecular weight excluding hydrogens is 382 g/mol. The summed E-state index contributed by atoms with van der Waals surface area (Å²) in [5.41, 5.74) is 10.8. The van der Waals surface area contributed by atoms with Gasteiger partial charge in [-0.25, -0.2) is 0 Å². The summed E-state index contributed by atoms with van der Waals surface area (Å²) >= 11 is 0. The number of hydrogen-bond acceptors (Lipinski definition) is 6. The van der Waals surface area contributed by atoms with Crippen molar-refractivity contribution in [1.82, 2.24) is 16.0 Å². The molecule has 3 atom stereocenters. The summed E-state index contributed by atoms with van der Waals surface area (Å²) in [6, 6.07) is -2.94. The number of carboxylic acids is 1. The number of nitrogens with one attached hydrogen (secondary N) is 3. The lowest BCUT2D eigenvalue weighted by Crippen LogP contribution is -2.57. The number of rotatable bonds is 13. The first-order valence-corrected chi connectivity index (χ1v) is 9.49. The van der Waals surface area contributed by atoms with Gasteiger partial charge in [0.25, 0.3) is 0 Å². The maximum Gasteiger partial charge on any atom is 0.322 e. The minimum absolute atomic E-state index is 0.0428. The molecule has 0 bridgehead atoms. The average molecular weight is 415 g/mol. The van der Waals surface area contributed by atoms with E-state index in [0.29, 0.717) is 0 Å². The van der Waals surface area contributed by atoms with E-state index >= 15 is 0 Å². The van der Waals surface area contributed by atoms with Crippen molar-refractivity contribution in [3.63, 3.8) is 0 Å². The van der Waals surface area contributed by atoms with Gasteiger partial charge in [0.2, 0.25) is 23.6 Å². The molecule has 11 heteroatoms. The molecule has 0 heterocycles. The third-order valence-electron chi connectivity index (χ3n) is 4.04. The summed E-state index contributed by atoms with van der Waals surface area (Å²) in [7, 11) is 0. The van der Waals surface area contributed by atoms with Crippen LogP contribution in [-0.2, 0) is 24.0 Å². The number of aliphatic carboxylic acids is 1. The van der Waals surface area contributed by atoms with Gasteiger partial charge in [-0.1, -0.05) is 27.7 Å². The highest BCUT2D eigenvalue weighted by molar-refractivity contribution is 5.93. The summed E-state index contributed by atoms with van der Waals surface area (Å²) in [4.78, 5) is 58.7. The average Bonchev–Trinajstić information content (AvgIpc) is 2.60. The molecule has 11 nitrogen and oxygen atoms in total. The highest BCUT2D eigenvalue weighted by Crippen LogP contribution is 2.08. The van der Waals surface area contributed by atoms with Gasteiger partial charge < -0.3 is 32.5 Å². The Morgan fingerprint density at radius 2 is 1.52 bits per heavy atom. The lowest BCUT2D eigenvalue weighted by molar-refractivity contribution is -0.138. The Morgan fingerprint density at radius 1 is 0.931 bits per heavy atom. The van der Waals surface area contributed by atoms with Gasteiger partial charge in [0, 0.05) is 6.42 Å². The Bertz CT molecular complexity index is 608. The number of hydrogen-bond donors (Lipinski definition) is 6. The van der Waals surface area contributed by atoms with Crippen LogP contribution in [0.4, 0.5) is 0 Å². The Balaban J connectivity index is 5.13. The zero-order valence-corrected chi connectivity index (χ0v) is 17.4. The summed E-state index contributed by atoms with van der Waals surface area (Å²) in [5.74, 6) is -3.89. The molecule has 0 saturated carbocycles. The first-order chi connectivity index (χ1) is 13.3. The van der Waals surface area contributed by atoms with Crippen LogP contribution in [0.3, 0.4) is 0 Å². The van der Waals surface area contributed by atoms with E-state index in [0.717, 1.165) is 0 Å². The van der Waals surface area contributed by atoms with E-state index in [1.165, 1.54) is 0 Å². The molecule has 0 spiro atoms. The summed E-state index contributed by atoms with van der Waals surface area (Å²) in [6.45, 7) is 6.55. The maximum atomic E-state index is 12.7. The van der Waals surface area contributed by atoms with Gasteiger partial charge in [0.1, 0.15) is 18.6 Å². The standard InChI is InChI=1S/C18H33N5O6/c1-9(2)7-12(17(28)21-8-14(25)26)22-18(29)15(10(3)4)23-16(27)11(19)5-6-13(20)24/h9-12,15H,5-8,19H2,1-4H3,(H2,20,24)(H,21,28)(H,22,29)(H,23,27)(H,25,26). The zero-order valence-electron chi connectivity index (χ0n) is 17.4. The lowest BCUT2D eigenvalue weighted by Gasteiger charge is -2.26. The second kappa shape index (κ2) is 12.7. The fourth-order valence-electron chi connectivity index (χ4n) is 2.47. The molecule has 8 N–H and O–H groups in total. The van der Waals surface area contributed by atoms with E-state index in [1.54, 1.807) is 13.8 Å². The predicted octanol–water partition coefficient (Wildman–Crippen LogP) is -1.55. The Labute approximate surface area is 170 Å². The molecule has 4 amide bonds. The van der Waals surface area contributed by atoms with Crippen LogP contribution in [0.1, 0.15) is 47.0 Å². The van der Waals surface area contributed by atoms with Gasteiger partial charge in [-0.15, -0.1) is 0 Å². The molecule has 166 valence electrons. The molecule has 0 aliphatic heterocycles. The van der Waals surface area contributed by atoms with Crippen LogP contribution in [-0.4, -0.2) is 59.4 Å². The van der Waals surface area contributed by atoms with E-state index in [-0.39, 0.29) is 31.1 Å². The molecule has 0 rings (SSSR count). The van der Waals surface area contributed by atoms with E-state index in [1.807, 2.05) is 13.8 Å². The van der Waals surface area contributed by atoms with E-state index in [2.05, 4.69) is 16.0 Å². The van der Waals surface area contributed by atoms with Crippen molar-refractivity contribution in [1.29, 1.82) is 0 Å². The number of nitrogens with two attached hydrogens (primary N) is 2. The van der Waals surface area contributed by atoms with Crippen LogP contribution in [0.5, 0.6) is 0 Å². The first kappa shape index (κ1) is 26.3. The summed E-state index contributed by atoms with van der Waals surface area (Å²) in [5, 5.41) is 16.1. The minimum Gasteiger partial charge on any atom is -0.480 e. The predicted molar refractivity (Wildman–Crippen MR) is 105 cm³/mol. The number of amides is 4. The van der Waals surface area contributed by atoms with Crippen molar-refractivity contribution < 1.29 is 29.1 Å². The molecule has 0 aromatic rings. The quantitative estimate of drug-likeness (QED) is 0.209. The second-order valence-corrected chi connectivity index (χ2v) is 7.64. The van der Waals surface area contributed by atoms with Crippen molar-refractivity contribution in [2.24, 2.45) is 23.3 Å². The monoisotopic (exact) mass is 415 g/mol. The number of primary amides is 1. The van der Waals surface area contributed by atoms with Crippen molar-refractivity contribution in [2.45, 2.75) is 65.1 Å². The maximum absolute atomic E-state index is 12.7. The second-order valence-electron chi connectivity index (χ2n) is 7.64. The third-order valence-corrected chi connectivity index (χ3v) is 4.04. The van der Waals surface area contributed by atoms with Gasteiger partial charge in [-0.3, -0.25) is 24.0 Å². The van der Waals surface area contributed by atoms with Gasteiger partial charge in [0.05, 0.1) is 6.04 Å². The smallest absolute Gasteiger partial charge is 0.322 e. The van der Waals surface area contributed by atoms with Gasteiger partial charge in [-0.2, -0.15) is 0 Å². The molecule has 29 heavy (non-hydrogen) atoms. The molecule has 0 aliphatic rings. The van der Waals surface area contributed by atoms with Gasteiger partial charge >= 0.3 is 5.97 Å². The number of carboxylic acid groups (broad SMARTS) is 1. The highest BCUT2D eigenvalue weighted by Gasteiger charge is 2.30. The van der Waals surface area contributed by atoms with Crippen LogP contribution in [0.25, 0.3) is 0 Å². The highest BCUT2D eigenvalue weighted by atomic mass is 16.4. The van der Waals surface area contributed by atoms with Crippen molar-refractivity contribution >= 4 is 29.6 Å². The fraction of sp³-hybridized carbons (Fsp3) is 0.722. The largest absolute Gasteiger partial charge is 0.480 e. The van der Waals surface area contributed by atoms with Crippen LogP contribution in [0.15, 0.2) is 0 Å². The topological polar surface area (TPSA) is 194 Å². The van der Waals surface area contributed by atoms with Crippen molar-refractivity contribution in [2.75, 3.05) is 6.54 Å². The van der Waals surface area contributed by atoms with Crippen LogP contribution in [0.2, 0.25) is 0 Å². The molecule has 0 aromatic carbocycles. The normalized spacial score (nSPS) is 14.0. The molecular formula is C18H33N5O6. The van der Waals surface area contributed by atoms with E-state index in [9.17, 15) is 24.0 Å². The molecule has 0 aromatic heterocycles. The van der Waals surface area contributed by atoms with Crippen molar-refractivity contribution in [3.8, 4) is 0 Å². The SMILES string of the molecule is CC(C)CC(NC(=O)C(NC(=O)C(N)CCC(N)=O)C(C)C)C(=O)NCC(=O)O. The van der Waals surface area contributed by atoms with Crippen LogP contribution < -0.4 is 27.4 Å². The third kappa shape index (κ3) is 11.0. The Morgan fingerprint density at radius 3 is 1.97 bits per heavy atom. The summed E-state index contributed by atoms with van der Waals surface area (Å²) < 4.78 is 0. The molecule has 3 unspecified atom stereocenters. The molecule has 0 aliphatic carbocycles. The van der Waals surface area contributed by atoms with Gasteiger partial charge in [-0.05, 0) is 24.7 Å². The van der Waals surface area contributed by atoms with Gasteiger partial charge in [0.15, 0.2) is 0 Å². The first-order valence-electron chi connectivity index (χ1n) is 9.49. The Kier molecular flexibility index (Phi) is 11.5. The number of carbonyl (C=O) groups excluding carboxylic acids is 4. The van der Waals surface area contributed by atoms with Crippen LogP contribution in [0, 0.1) is 11.8 Å². The molecule has 0 radical (unpaired) electrons. The van der Waals surface area contributed by atoms with E-state index in [4.69, 9.17) is 16.6 Å². The lowest BCUT2D eigenvalue weighted by atomic mass is 9.99. The fourth-order valence-corrected chi connectivity index (χ4v) is 2.47. The summed E-state index contributed by atoms with van der Waals surface area (Å²) in [6.07, 6.45) is 0.266. The zero-order chi connectivity index (χ0) is 22.7. The van der Waals surface area contributed by atoms with Crippen molar-refractivity contribution in [3.05, 3.63) is 0 Å². The number of carbonyl (C=O) groups is 5. The minimum atomic E-state index is -1.20. The van der Waals surface area contributed by atoms with Crippen LogP contribution >= 0.6 is 0 Å². The van der Waals surface area contributed by atoms with E-state index < -0.39 is 54.3 Å². The molecule has 0 saturated heterocycles. The molecule has 0 fully saturated rings. The Hall–Kier alpha value is -2.69.